The van der Waals surface area contributed by atoms with E-state index in [1.807, 2.05) is 0 Å². The van der Waals surface area contributed by atoms with Crippen molar-refractivity contribution in [2.75, 3.05) is 0 Å². The van der Waals surface area contributed by atoms with Gasteiger partial charge in [-0.15, -0.1) is 0 Å². The van der Waals surface area contributed by atoms with Gasteiger partial charge in [-0.25, -0.2) is 30.8 Å². The van der Waals surface area contributed by atoms with Crippen molar-refractivity contribution >= 4 is 20.1 Å². The van der Waals surface area contributed by atoms with Crippen LogP contribution in [0.15, 0.2) is 0 Å². The van der Waals surface area contributed by atoms with Gasteiger partial charge in [0.05, 0.1) is 0 Å². The van der Waals surface area contributed by atoms with Gasteiger partial charge < -0.3 is 4.55 Å². The van der Waals surface area contributed by atoms with Gasteiger partial charge in [-0.3, -0.25) is 0 Å². The van der Waals surface area contributed by atoms with Gasteiger partial charge in [0, 0.05) is 0 Å². The van der Waals surface area contributed by atoms with Gasteiger partial charge in [0.1, 0.15) is 0 Å². The summed E-state index contributed by atoms with van der Waals surface area (Å²) in [6.07, 6.45) is -11.6. The number of rotatable bonds is 5. The van der Waals surface area contributed by atoms with Crippen LogP contribution in [0.1, 0.15) is 0 Å². The molecule has 0 radical (unpaired) electrons. The van der Waals surface area contributed by atoms with Crippen LogP contribution < -0.4 is 24.0 Å². The van der Waals surface area contributed by atoms with Gasteiger partial charge in [0.2, 0.25) is 0 Å². The molecular weight excluding hydrogens is 484 g/mol. The van der Waals surface area contributed by atoms with Crippen LogP contribution >= 0.6 is 0 Å². The van der Waals surface area contributed by atoms with E-state index in [0.717, 1.165) is 0 Å². The quantitative estimate of drug-likeness (QED) is 0.307. The predicted molar refractivity (Wildman–Crippen MR) is 54.7 cm³/mol. The van der Waals surface area contributed by atoms with E-state index in [1.165, 1.54) is 0 Å². The number of primary sulfonamides is 1. The normalized spacial score (nSPS) is 14.9. The van der Waals surface area contributed by atoms with Crippen molar-refractivity contribution in [3.8, 4) is 0 Å². The molecule has 0 aliphatic carbocycles. The van der Waals surface area contributed by atoms with Crippen LogP contribution in [0.4, 0.5) is 57.1 Å². The van der Waals surface area contributed by atoms with Crippen LogP contribution in [-0.2, 0) is 20.1 Å². The zero-order valence-electron chi connectivity index (χ0n) is 12.4. The molecule has 0 aromatic rings. The molecular formula is C6H3F13LiNO5S2. The summed E-state index contributed by atoms with van der Waals surface area (Å²) in [7, 11) is -12.9. The Labute approximate surface area is 158 Å². The Hall–Kier alpha value is -0.493. The molecule has 0 saturated carbocycles. The van der Waals surface area contributed by atoms with Crippen molar-refractivity contribution < 1.29 is 97.3 Å². The van der Waals surface area contributed by atoms with E-state index < -0.39 is 55.1 Å². The topological polar surface area (TPSA) is 117 Å². The van der Waals surface area contributed by atoms with Crippen LogP contribution in [0.3, 0.4) is 0 Å². The minimum absolute atomic E-state index is 0. The van der Waals surface area contributed by atoms with Crippen molar-refractivity contribution in [1.82, 2.24) is 0 Å². The largest absolute Gasteiger partial charge is 1.00 e. The van der Waals surface area contributed by atoms with E-state index in [9.17, 15) is 78.5 Å². The average Bonchev–Trinajstić information content (AvgIpc) is 2.34. The number of hydrogen-bond donors (Lipinski definition) is 1. The summed E-state index contributed by atoms with van der Waals surface area (Å²) < 4.78 is 200. The molecule has 6 nitrogen and oxygen atoms in total. The minimum Gasteiger partial charge on any atom is -0.743 e. The van der Waals surface area contributed by atoms with Crippen molar-refractivity contribution in [2.24, 2.45) is 5.14 Å². The van der Waals surface area contributed by atoms with Gasteiger partial charge in [-0.05, 0) is 0 Å². The maximum absolute atomic E-state index is 12.3. The van der Waals surface area contributed by atoms with Crippen LogP contribution in [-0.4, -0.2) is 56.3 Å². The van der Waals surface area contributed by atoms with E-state index in [-0.39, 0.29) is 18.9 Å². The first-order valence-electron chi connectivity index (χ1n) is 5.03. The Balaban J connectivity index is -0.000000489. The molecule has 0 aliphatic rings. The molecule has 0 aromatic heterocycles. The Morgan fingerprint density at radius 3 is 1.11 bits per heavy atom. The fourth-order valence-electron chi connectivity index (χ4n) is 0.649. The van der Waals surface area contributed by atoms with E-state index >= 15 is 0 Å². The van der Waals surface area contributed by atoms with Gasteiger partial charge in [0.25, 0.3) is 10.0 Å². The second-order valence-corrected chi connectivity index (χ2v) is 7.08. The summed E-state index contributed by atoms with van der Waals surface area (Å²) in [5.74, 6) is -14.5. The minimum atomic E-state index is -7.27. The standard InChI is InChI=1S/C4H2F9NO2S.C2H2F4O3S.Li/c5-1(6,3(9,10)11)2(7,8)4(12,13)17(14,15)16;3-1(4)2(5,6)10(7,8)9;/h(H2,14,15,16);1H,(H,7,8,9);/q;;+1/p-1. The molecule has 0 saturated heterocycles. The molecule has 22 heteroatoms. The third-order valence-corrected chi connectivity index (χ3v) is 3.88. The van der Waals surface area contributed by atoms with Crippen LogP contribution in [0.2, 0.25) is 0 Å². The number of nitrogens with two attached hydrogens (primary N) is 1. The Bertz CT molecular complexity index is 731. The van der Waals surface area contributed by atoms with Gasteiger partial charge in [-0.1, -0.05) is 0 Å². The average molecular weight is 487 g/mol. The second kappa shape index (κ2) is 8.71. The molecule has 166 valence electrons. The molecule has 0 amide bonds. The Morgan fingerprint density at radius 2 is 1.00 bits per heavy atom. The summed E-state index contributed by atoms with van der Waals surface area (Å²) in [4.78, 5) is 0. The van der Waals surface area contributed by atoms with Crippen molar-refractivity contribution in [3.05, 3.63) is 0 Å². The molecule has 0 bridgehead atoms. The van der Waals surface area contributed by atoms with E-state index in [4.69, 9.17) is 0 Å². The first-order chi connectivity index (χ1) is 11.2. The molecule has 0 heterocycles. The molecule has 0 spiro atoms. The van der Waals surface area contributed by atoms with Gasteiger partial charge in [-0.2, -0.15) is 48.3 Å². The Morgan fingerprint density at radius 1 is 0.714 bits per heavy atom. The maximum atomic E-state index is 12.3. The number of halogens is 13. The third-order valence-electron chi connectivity index (χ3n) is 2.06. The van der Waals surface area contributed by atoms with Crippen LogP contribution in [0.5, 0.6) is 0 Å². The van der Waals surface area contributed by atoms with Crippen molar-refractivity contribution in [2.45, 2.75) is 35.0 Å². The fourth-order valence-corrected chi connectivity index (χ4v) is 1.35. The summed E-state index contributed by atoms with van der Waals surface area (Å²) in [6, 6.07) is 0. The first-order valence-corrected chi connectivity index (χ1v) is 7.99. The summed E-state index contributed by atoms with van der Waals surface area (Å²) in [6.45, 7) is 0. The van der Waals surface area contributed by atoms with E-state index in [2.05, 4.69) is 5.14 Å². The van der Waals surface area contributed by atoms with E-state index in [1.54, 1.807) is 0 Å². The van der Waals surface area contributed by atoms with Gasteiger partial charge in [0.15, 0.2) is 10.1 Å². The molecule has 2 N–H and O–H groups in total. The van der Waals surface area contributed by atoms with Crippen molar-refractivity contribution in [3.63, 3.8) is 0 Å². The number of hydrogen-bond acceptors (Lipinski definition) is 5. The third kappa shape index (κ3) is 6.01. The summed E-state index contributed by atoms with van der Waals surface area (Å²) in [5.41, 5.74) is 0. The second-order valence-electron chi connectivity index (χ2n) is 4.02. The molecule has 0 unspecified atom stereocenters. The number of alkyl halides is 13. The molecule has 0 aliphatic heterocycles. The summed E-state index contributed by atoms with van der Waals surface area (Å²) >= 11 is 0. The van der Waals surface area contributed by atoms with Crippen LogP contribution in [0.25, 0.3) is 0 Å². The fraction of sp³-hybridized carbons (Fsp3) is 1.00. The summed E-state index contributed by atoms with van der Waals surface area (Å²) in [5, 5.41) is -8.78. The predicted octanol–water partition coefficient (Wildman–Crippen LogP) is -0.906. The monoisotopic (exact) mass is 487 g/mol. The molecule has 0 rings (SSSR count). The zero-order valence-corrected chi connectivity index (χ0v) is 14.1. The number of sulfonamides is 1. The van der Waals surface area contributed by atoms with Gasteiger partial charge >= 0.3 is 53.8 Å². The Kier molecular flexibility index (Phi) is 10.0. The molecule has 0 aromatic carbocycles. The van der Waals surface area contributed by atoms with Crippen LogP contribution in [0, 0.1) is 0 Å². The molecule has 28 heavy (non-hydrogen) atoms. The van der Waals surface area contributed by atoms with E-state index in [0.29, 0.717) is 0 Å². The zero-order chi connectivity index (χ0) is 23.1. The van der Waals surface area contributed by atoms with Crippen molar-refractivity contribution in [1.29, 1.82) is 0 Å². The smallest absolute Gasteiger partial charge is 0.743 e. The molecule has 0 atom stereocenters. The first kappa shape index (κ1) is 32.2. The SMILES string of the molecule is NS(=O)(=O)C(F)(F)C(F)(F)C(F)(F)C(F)(F)F.O=S(=O)([O-])C(F)(F)C(F)F.[Li+]. The molecule has 0 fully saturated rings. The maximum Gasteiger partial charge on any atom is 1.00 e.